The Hall–Kier alpha value is -6.62. The number of hydrogen-bond donors (Lipinski definition) is 1. The summed E-state index contributed by atoms with van der Waals surface area (Å²) >= 11 is 1.91. The molecule has 13 rings (SSSR count). The molecule has 0 unspecified atom stereocenters. The van der Waals surface area contributed by atoms with Gasteiger partial charge in [-0.1, -0.05) is 177 Å². The third kappa shape index (κ3) is 6.37. The fourth-order valence-corrected chi connectivity index (χ4v) is 13.7. The van der Waals surface area contributed by atoms with Gasteiger partial charge >= 0.3 is 0 Å². The summed E-state index contributed by atoms with van der Waals surface area (Å²) in [6.07, 6.45) is 2.32. The van der Waals surface area contributed by atoms with Gasteiger partial charge in [-0.15, -0.1) is 11.3 Å². The van der Waals surface area contributed by atoms with Crippen LogP contribution in [0.1, 0.15) is 103 Å². The van der Waals surface area contributed by atoms with Crippen LogP contribution in [0.3, 0.4) is 0 Å². The molecule has 337 valence electrons. The first-order valence-electron chi connectivity index (χ1n) is 25.0. The molecule has 1 N–H and O–H groups in total. The molecule has 0 saturated heterocycles. The summed E-state index contributed by atoms with van der Waals surface area (Å²) in [5.41, 5.74) is 24.7. The highest BCUT2D eigenvalue weighted by Crippen LogP contribution is 2.53. The summed E-state index contributed by atoms with van der Waals surface area (Å²) in [5.74, 6) is 0. The van der Waals surface area contributed by atoms with Gasteiger partial charge in [-0.05, 0) is 139 Å². The van der Waals surface area contributed by atoms with E-state index in [9.17, 15) is 0 Å². The lowest BCUT2D eigenvalue weighted by Crippen LogP contribution is -2.37. The van der Waals surface area contributed by atoms with Gasteiger partial charge in [0.2, 0.25) is 0 Å². The molecule has 10 aromatic rings. The van der Waals surface area contributed by atoms with E-state index in [1.807, 2.05) is 11.3 Å². The second-order valence-electron chi connectivity index (χ2n) is 23.1. The maximum Gasteiger partial charge on any atom is 0.197 e. The van der Waals surface area contributed by atoms with Crippen molar-refractivity contribution in [3.05, 3.63) is 186 Å². The molecule has 0 atom stereocenters. The average Bonchev–Trinajstić information content (AvgIpc) is 3.95. The van der Waals surface area contributed by atoms with E-state index >= 15 is 0 Å². The van der Waals surface area contributed by atoms with E-state index in [1.165, 1.54) is 120 Å². The third-order valence-electron chi connectivity index (χ3n) is 16.5. The summed E-state index contributed by atoms with van der Waals surface area (Å²) in [6.45, 7) is 21.5. The van der Waals surface area contributed by atoms with Gasteiger partial charge in [0.25, 0.3) is 0 Å². The molecule has 0 bridgehead atoms. The van der Waals surface area contributed by atoms with E-state index in [1.54, 1.807) is 0 Å². The second kappa shape index (κ2) is 14.7. The number of thiophene rings is 1. The molecule has 0 amide bonds. The first kappa shape index (κ1) is 42.5. The van der Waals surface area contributed by atoms with E-state index in [4.69, 9.17) is 0 Å². The van der Waals surface area contributed by atoms with Crippen LogP contribution < -0.4 is 16.2 Å². The molecule has 1 aliphatic heterocycles. The summed E-state index contributed by atoms with van der Waals surface area (Å²) < 4.78 is 3.94. The van der Waals surface area contributed by atoms with Crippen molar-refractivity contribution in [3.8, 4) is 49.5 Å². The van der Waals surface area contributed by atoms with Crippen molar-refractivity contribution >= 4 is 72.8 Å². The van der Waals surface area contributed by atoms with Gasteiger partial charge in [0.15, 0.2) is 7.28 Å². The second-order valence-corrected chi connectivity index (χ2v) is 24.1. The smallest absolute Gasteiger partial charge is 0.197 e. The van der Waals surface area contributed by atoms with Gasteiger partial charge in [0.1, 0.15) is 0 Å². The Balaban J connectivity index is 1.11. The van der Waals surface area contributed by atoms with Crippen LogP contribution in [0.4, 0.5) is 11.4 Å². The molecule has 3 aliphatic rings. The molecule has 8 aromatic carbocycles. The fourth-order valence-electron chi connectivity index (χ4n) is 12.4. The van der Waals surface area contributed by atoms with Crippen LogP contribution in [0.5, 0.6) is 0 Å². The van der Waals surface area contributed by atoms with Crippen molar-refractivity contribution in [2.75, 3.05) is 5.32 Å². The molecule has 0 saturated carbocycles. The predicted octanol–water partition coefficient (Wildman–Crippen LogP) is 16.7. The van der Waals surface area contributed by atoms with E-state index in [-0.39, 0.29) is 21.7 Å². The third-order valence-corrected chi connectivity index (χ3v) is 17.7. The zero-order valence-corrected chi connectivity index (χ0v) is 42.2. The maximum atomic E-state index is 4.04. The fraction of sp³-hybridized carbons (Fsp3) is 0.231. The molecule has 0 spiro atoms. The first-order valence-corrected chi connectivity index (χ1v) is 25.8. The van der Waals surface area contributed by atoms with Crippen molar-refractivity contribution in [2.24, 2.45) is 0 Å². The lowest BCUT2D eigenvalue weighted by Gasteiger charge is -2.42. The van der Waals surface area contributed by atoms with Gasteiger partial charge in [0, 0.05) is 64.9 Å². The number of anilines is 2. The van der Waals surface area contributed by atoms with Crippen molar-refractivity contribution in [2.45, 2.75) is 96.8 Å². The van der Waals surface area contributed by atoms with Crippen LogP contribution in [0, 0.1) is 0 Å². The molecule has 2 nitrogen and oxygen atoms in total. The zero-order chi connectivity index (χ0) is 47.4. The van der Waals surface area contributed by atoms with Gasteiger partial charge < -0.3 is 9.88 Å². The monoisotopic (exact) mass is 909 g/mol. The number of rotatable bonds is 5. The van der Waals surface area contributed by atoms with Crippen LogP contribution >= 0.6 is 11.3 Å². The molecule has 1 radical (unpaired) electrons. The molecule has 4 heteroatoms. The first-order chi connectivity index (χ1) is 33.1. The van der Waals surface area contributed by atoms with Crippen molar-refractivity contribution < 1.29 is 0 Å². The number of aromatic nitrogens is 1. The molecule has 69 heavy (non-hydrogen) atoms. The van der Waals surface area contributed by atoms with Gasteiger partial charge in [-0.25, -0.2) is 0 Å². The molecule has 0 fully saturated rings. The van der Waals surface area contributed by atoms with Crippen LogP contribution in [0.2, 0.25) is 0 Å². The molecular formula is C65H58BN2S. The highest BCUT2D eigenvalue weighted by molar-refractivity contribution is 7.23. The molecule has 3 heterocycles. The van der Waals surface area contributed by atoms with E-state index < -0.39 is 0 Å². The molecule has 2 aliphatic carbocycles. The Bertz CT molecular complexity index is 3760. The lowest BCUT2D eigenvalue weighted by molar-refractivity contribution is 0.332. The van der Waals surface area contributed by atoms with Crippen LogP contribution in [-0.2, 0) is 21.7 Å². The number of nitrogens with one attached hydrogen (secondary N) is 1. The van der Waals surface area contributed by atoms with Gasteiger partial charge in [-0.3, -0.25) is 0 Å². The SMILES string of the molecule is CC(C)(C)c1ccc(Nc2cc3c(cc2-c2ccc4c5cc6c(cc5n5c4c2[B]c2cc4sc(-c7ccccc7)c(-c7ccccc7)c4cc2-5)-c2ccccc2C6(C)C)C(C)(C)CCC3(C)C)cc1. The highest BCUT2D eigenvalue weighted by atomic mass is 32.1. The summed E-state index contributed by atoms with van der Waals surface area (Å²) in [7, 11) is 2.53. The molecule has 2 aromatic heterocycles. The predicted molar refractivity (Wildman–Crippen MR) is 299 cm³/mol. The zero-order valence-electron chi connectivity index (χ0n) is 41.4. The quantitative estimate of drug-likeness (QED) is 0.170. The van der Waals surface area contributed by atoms with Crippen molar-refractivity contribution in [3.63, 3.8) is 0 Å². The lowest BCUT2D eigenvalue weighted by atomic mass is 9.58. The number of nitrogens with zero attached hydrogens (tertiary/aromatic N) is 1. The largest absolute Gasteiger partial charge is 0.355 e. The van der Waals surface area contributed by atoms with Crippen molar-refractivity contribution in [1.29, 1.82) is 0 Å². The standard InChI is InChI=1S/C65H58BN2S/c1-62(2,3)40-24-26-41(27-25-40)67-54-36-52-51(63(4,5)30-31-64(52,6)7)32-46(54)43-28-29-44-47-33-50-45(42-22-16-17-23-49(42)65(50,8)9)34-55(47)68-56-35-48-57(37-53(56)66-59(43)60(44)68)69-61(39-20-14-11-15-21-39)58(48)38-18-12-10-13-19-38/h10-29,32-37,67H,30-31H2,1-9H3. The van der Waals surface area contributed by atoms with E-state index in [2.05, 4.69) is 237 Å². The summed E-state index contributed by atoms with van der Waals surface area (Å²) in [5, 5.41) is 7.94. The Morgan fingerprint density at radius 1 is 0.551 bits per heavy atom. The average molecular weight is 910 g/mol. The Kier molecular flexibility index (Phi) is 9.05. The normalized spacial score (nSPS) is 16.0. The number of benzene rings is 8. The minimum absolute atomic E-state index is 0.0421. The highest BCUT2D eigenvalue weighted by Gasteiger charge is 2.40. The molecular weight excluding hydrogens is 852 g/mol. The van der Waals surface area contributed by atoms with Crippen molar-refractivity contribution in [1.82, 2.24) is 4.57 Å². The van der Waals surface area contributed by atoms with Crippen LogP contribution in [-0.4, -0.2) is 11.8 Å². The van der Waals surface area contributed by atoms with Gasteiger partial charge in [0.05, 0.1) is 5.52 Å². The Morgan fingerprint density at radius 2 is 1.22 bits per heavy atom. The van der Waals surface area contributed by atoms with Crippen LogP contribution in [0.25, 0.3) is 81.4 Å². The Labute approximate surface area is 412 Å². The summed E-state index contributed by atoms with van der Waals surface area (Å²) in [6, 6.07) is 60.2. The van der Waals surface area contributed by atoms with Crippen LogP contribution in [0.15, 0.2) is 158 Å². The topological polar surface area (TPSA) is 17.0 Å². The Morgan fingerprint density at radius 3 is 1.93 bits per heavy atom. The van der Waals surface area contributed by atoms with Gasteiger partial charge in [-0.2, -0.15) is 0 Å². The minimum Gasteiger partial charge on any atom is -0.355 e. The minimum atomic E-state index is -0.113. The number of hydrogen-bond acceptors (Lipinski definition) is 2. The maximum absolute atomic E-state index is 4.04. The summed E-state index contributed by atoms with van der Waals surface area (Å²) in [4.78, 5) is 1.31. The van der Waals surface area contributed by atoms with E-state index in [0.717, 1.165) is 24.2 Å². The number of fused-ring (bicyclic) bond motifs is 10. The van der Waals surface area contributed by atoms with E-state index in [0.29, 0.717) is 0 Å².